The van der Waals surface area contributed by atoms with Gasteiger partial charge in [0.25, 0.3) is 0 Å². The molecule has 1 heterocycles. The van der Waals surface area contributed by atoms with Gasteiger partial charge in [0.1, 0.15) is 6.61 Å². The standard InChI is InChI=1S/C11H10N2O/c1-3-4-5-14-11-7-10(8-12)6-9(2)13-11/h1,6-7H,4-5H2,2H3. The average molecular weight is 186 g/mol. The number of aromatic nitrogens is 1. The van der Waals surface area contributed by atoms with Crippen LogP contribution in [0.1, 0.15) is 17.7 Å². The van der Waals surface area contributed by atoms with Gasteiger partial charge in [-0.2, -0.15) is 5.26 Å². The minimum Gasteiger partial charge on any atom is -0.477 e. The Labute approximate surface area is 83.3 Å². The van der Waals surface area contributed by atoms with Crippen molar-refractivity contribution in [3.63, 3.8) is 0 Å². The molecule has 3 heteroatoms. The van der Waals surface area contributed by atoms with Gasteiger partial charge in [-0.1, -0.05) is 0 Å². The second kappa shape index (κ2) is 4.89. The van der Waals surface area contributed by atoms with Crippen LogP contribution in [-0.4, -0.2) is 11.6 Å². The molecule has 0 aliphatic heterocycles. The van der Waals surface area contributed by atoms with Gasteiger partial charge in [0.05, 0.1) is 11.6 Å². The summed E-state index contributed by atoms with van der Waals surface area (Å²) in [6, 6.07) is 5.34. The van der Waals surface area contributed by atoms with Crippen LogP contribution in [0.25, 0.3) is 0 Å². The summed E-state index contributed by atoms with van der Waals surface area (Å²) in [4.78, 5) is 4.11. The van der Waals surface area contributed by atoms with Gasteiger partial charge in [-0.05, 0) is 13.0 Å². The van der Waals surface area contributed by atoms with Crippen molar-refractivity contribution < 1.29 is 4.74 Å². The Bertz CT molecular complexity index is 399. The molecule has 0 radical (unpaired) electrons. The van der Waals surface area contributed by atoms with Crippen molar-refractivity contribution >= 4 is 0 Å². The molecule has 0 fully saturated rings. The molecule has 1 aromatic rings. The first-order valence-corrected chi connectivity index (χ1v) is 4.21. The van der Waals surface area contributed by atoms with E-state index in [1.807, 2.05) is 13.0 Å². The Balaban J connectivity index is 2.74. The van der Waals surface area contributed by atoms with Gasteiger partial charge < -0.3 is 4.74 Å². The van der Waals surface area contributed by atoms with Crippen LogP contribution < -0.4 is 4.74 Å². The smallest absolute Gasteiger partial charge is 0.214 e. The predicted molar refractivity (Wildman–Crippen MR) is 52.6 cm³/mol. The molecule has 0 aliphatic carbocycles. The Hall–Kier alpha value is -2.00. The summed E-state index contributed by atoms with van der Waals surface area (Å²) in [6.45, 7) is 2.24. The molecular formula is C11H10N2O. The van der Waals surface area contributed by atoms with Crippen LogP contribution in [-0.2, 0) is 0 Å². The highest BCUT2D eigenvalue weighted by atomic mass is 16.5. The SMILES string of the molecule is C#CCCOc1cc(C#N)cc(C)n1. The molecule has 14 heavy (non-hydrogen) atoms. The highest BCUT2D eigenvalue weighted by Gasteiger charge is 1.99. The summed E-state index contributed by atoms with van der Waals surface area (Å²) < 4.78 is 5.26. The molecule has 0 N–H and O–H groups in total. The van der Waals surface area contributed by atoms with E-state index in [9.17, 15) is 0 Å². The van der Waals surface area contributed by atoms with E-state index in [0.29, 0.717) is 24.5 Å². The van der Waals surface area contributed by atoms with E-state index < -0.39 is 0 Å². The van der Waals surface area contributed by atoms with Crippen LogP contribution in [0.2, 0.25) is 0 Å². The van der Waals surface area contributed by atoms with Crippen LogP contribution in [0.5, 0.6) is 5.88 Å². The third kappa shape index (κ3) is 2.80. The summed E-state index contributed by atoms with van der Waals surface area (Å²) in [5.74, 6) is 2.92. The van der Waals surface area contributed by atoms with E-state index in [1.165, 1.54) is 0 Å². The Morgan fingerprint density at radius 1 is 1.57 bits per heavy atom. The lowest BCUT2D eigenvalue weighted by molar-refractivity contribution is 0.314. The van der Waals surface area contributed by atoms with Crippen LogP contribution in [0.4, 0.5) is 0 Å². The van der Waals surface area contributed by atoms with Crippen molar-refractivity contribution in [2.24, 2.45) is 0 Å². The summed E-state index contributed by atoms with van der Waals surface area (Å²) in [7, 11) is 0. The molecule has 0 aromatic carbocycles. The number of hydrogen-bond donors (Lipinski definition) is 0. The number of nitriles is 1. The lowest BCUT2D eigenvalue weighted by atomic mass is 10.2. The van der Waals surface area contributed by atoms with Crippen molar-refractivity contribution in [3.8, 4) is 24.3 Å². The number of ether oxygens (including phenoxy) is 1. The number of pyridine rings is 1. The fourth-order valence-electron chi connectivity index (χ4n) is 0.991. The molecule has 0 saturated heterocycles. The molecular weight excluding hydrogens is 176 g/mol. The molecule has 0 aliphatic rings. The summed E-state index contributed by atoms with van der Waals surface area (Å²) in [5, 5.41) is 8.69. The number of terminal acetylenes is 1. The quantitative estimate of drug-likeness (QED) is 0.532. The summed E-state index contributed by atoms with van der Waals surface area (Å²) in [5.41, 5.74) is 1.31. The molecule has 0 spiro atoms. The molecule has 0 bridgehead atoms. The van der Waals surface area contributed by atoms with Crippen molar-refractivity contribution in [2.75, 3.05) is 6.61 Å². The van der Waals surface area contributed by atoms with Crippen molar-refractivity contribution in [2.45, 2.75) is 13.3 Å². The monoisotopic (exact) mass is 186 g/mol. The van der Waals surface area contributed by atoms with E-state index >= 15 is 0 Å². The van der Waals surface area contributed by atoms with Crippen molar-refractivity contribution in [1.82, 2.24) is 4.98 Å². The average Bonchev–Trinajstić information content (AvgIpc) is 2.17. The maximum atomic E-state index is 8.69. The van der Waals surface area contributed by atoms with E-state index in [4.69, 9.17) is 16.4 Å². The Morgan fingerprint density at radius 3 is 3.00 bits per heavy atom. The molecule has 1 rings (SSSR count). The lowest BCUT2D eigenvalue weighted by Crippen LogP contribution is -1.99. The predicted octanol–water partition coefficient (Wildman–Crippen LogP) is 1.66. The number of aryl methyl sites for hydroxylation is 1. The molecule has 0 unspecified atom stereocenters. The highest BCUT2D eigenvalue weighted by Crippen LogP contribution is 2.11. The first-order chi connectivity index (χ1) is 6.76. The van der Waals surface area contributed by atoms with Crippen LogP contribution in [0.3, 0.4) is 0 Å². The Morgan fingerprint density at radius 2 is 2.36 bits per heavy atom. The molecule has 0 saturated carbocycles. The molecule has 0 amide bonds. The first-order valence-electron chi connectivity index (χ1n) is 4.21. The topological polar surface area (TPSA) is 45.9 Å². The fourth-order valence-corrected chi connectivity index (χ4v) is 0.991. The van der Waals surface area contributed by atoms with Gasteiger partial charge in [0, 0.05) is 18.2 Å². The second-order valence-electron chi connectivity index (χ2n) is 2.75. The molecule has 1 aromatic heterocycles. The minimum atomic E-state index is 0.428. The number of nitrogens with zero attached hydrogens (tertiary/aromatic N) is 2. The van der Waals surface area contributed by atoms with Gasteiger partial charge in [0.2, 0.25) is 5.88 Å². The van der Waals surface area contributed by atoms with Crippen molar-refractivity contribution in [3.05, 3.63) is 23.4 Å². The fraction of sp³-hybridized carbons (Fsp3) is 0.273. The van der Waals surface area contributed by atoms with Crippen LogP contribution >= 0.6 is 0 Å². The zero-order valence-corrected chi connectivity index (χ0v) is 7.95. The Kier molecular flexibility index (Phi) is 3.52. The normalized spacial score (nSPS) is 8.79. The number of hydrogen-bond acceptors (Lipinski definition) is 3. The molecule has 70 valence electrons. The highest BCUT2D eigenvalue weighted by molar-refractivity contribution is 5.34. The van der Waals surface area contributed by atoms with Gasteiger partial charge in [-0.25, -0.2) is 4.98 Å². The maximum Gasteiger partial charge on any atom is 0.214 e. The number of rotatable bonds is 3. The molecule has 0 atom stereocenters. The van der Waals surface area contributed by atoms with Gasteiger partial charge in [-0.15, -0.1) is 12.3 Å². The van der Waals surface area contributed by atoms with Gasteiger partial charge in [0.15, 0.2) is 0 Å². The zero-order chi connectivity index (χ0) is 10.4. The largest absolute Gasteiger partial charge is 0.477 e. The minimum absolute atomic E-state index is 0.428. The first kappa shape index (κ1) is 10.1. The third-order valence-electron chi connectivity index (χ3n) is 1.56. The maximum absolute atomic E-state index is 8.69. The second-order valence-corrected chi connectivity index (χ2v) is 2.75. The van der Waals surface area contributed by atoms with E-state index in [-0.39, 0.29) is 0 Å². The lowest BCUT2D eigenvalue weighted by Gasteiger charge is -2.03. The molecule has 3 nitrogen and oxygen atoms in total. The van der Waals surface area contributed by atoms with Crippen LogP contribution in [0.15, 0.2) is 12.1 Å². The summed E-state index contributed by atoms with van der Waals surface area (Å²) >= 11 is 0. The van der Waals surface area contributed by atoms with Crippen LogP contribution in [0, 0.1) is 30.6 Å². The third-order valence-corrected chi connectivity index (χ3v) is 1.56. The van der Waals surface area contributed by atoms with Gasteiger partial charge in [-0.3, -0.25) is 0 Å². The van der Waals surface area contributed by atoms with Gasteiger partial charge >= 0.3 is 0 Å². The van der Waals surface area contributed by atoms with E-state index in [2.05, 4.69) is 10.9 Å². The van der Waals surface area contributed by atoms with E-state index in [1.54, 1.807) is 12.1 Å². The van der Waals surface area contributed by atoms with E-state index in [0.717, 1.165) is 5.69 Å². The van der Waals surface area contributed by atoms with Crippen molar-refractivity contribution in [1.29, 1.82) is 5.26 Å². The zero-order valence-electron chi connectivity index (χ0n) is 7.95. The summed E-state index contributed by atoms with van der Waals surface area (Å²) in [6.07, 6.45) is 5.62.